The van der Waals surface area contributed by atoms with Crippen molar-refractivity contribution in [3.63, 3.8) is 0 Å². The van der Waals surface area contributed by atoms with Gasteiger partial charge in [-0.2, -0.15) is 0 Å². The van der Waals surface area contributed by atoms with E-state index >= 15 is 0 Å². The van der Waals surface area contributed by atoms with Gasteiger partial charge in [-0.3, -0.25) is 4.79 Å². The summed E-state index contributed by atoms with van der Waals surface area (Å²) in [6.45, 7) is 0. The molecule has 2 heterocycles. The zero-order chi connectivity index (χ0) is 9.26. The van der Waals surface area contributed by atoms with Crippen molar-refractivity contribution in [3.05, 3.63) is 33.8 Å². The molecule has 0 spiro atoms. The zero-order valence-corrected chi connectivity index (χ0v) is 8.89. The summed E-state index contributed by atoms with van der Waals surface area (Å²) in [7, 11) is 0. The Labute approximate surface area is 87.3 Å². The predicted molar refractivity (Wildman–Crippen MR) is 55.1 cm³/mol. The molecule has 0 fully saturated rings. The van der Waals surface area contributed by atoms with Gasteiger partial charge in [0.1, 0.15) is 5.76 Å². The van der Waals surface area contributed by atoms with Crippen LogP contribution >= 0.6 is 27.3 Å². The van der Waals surface area contributed by atoms with Crippen molar-refractivity contribution in [2.75, 3.05) is 0 Å². The molecule has 0 saturated carbocycles. The van der Waals surface area contributed by atoms with Crippen LogP contribution in [0.25, 0.3) is 10.6 Å². The van der Waals surface area contributed by atoms with Crippen LogP contribution in [0, 0.1) is 0 Å². The molecule has 0 radical (unpaired) electrons. The summed E-state index contributed by atoms with van der Waals surface area (Å²) in [5.41, 5.74) is 0. The third kappa shape index (κ3) is 1.73. The summed E-state index contributed by atoms with van der Waals surface area (Å²) < 4.78 is 6.04. The van der Waals surface area contributed by atoms with E-state index in [1.165, 1.54) is 11.3 Å². The van der Waals surface area contributed by atoms with Crippen LogP contribution in [0.1, 0.15) is 9.67 Å². The fourth-order valence-corrected chi connectivity index (χ4v) is 2.09. The largest absolute Gasteiger partial charge is 0.449 e. The number of halogens is 1. The van der Waals surface area contributed by atoms with Gasteiger partial charge in [0, 0.05) is 0 Å². The summed E-state index contributed by atoms with van der Waals surface area (Å²) in [4.78, 5) is 12.1. The molecule has 66 valence electrons. The third-order valence-electron chi connectivity index (χ3n) is 1.56. The normalized spacial score (nSPS) is 10.2. The second-order valence-electron chi connectivity index (χ2n) is 2.42. The van der Waals surface area contributed by atoms with E-state index in [-0.39, 0.29) is 0 Å². The maximum absolute atomic E-state index is 10.4. The van der Waals surface area contributed by atoms with Crippen LogP contribution in [0.2, 0.25) is 0 Å². The van der Waals surface area contributed by atoms with Crippen molar-refractivity contribution in [3.8, 4) is 10.6 Å². The lowest BCUT2D eigenvalue weighted by Gasteiger charge is -1.87. The first-order valence-corrected chi connectivity index (χ1v) is 5.21. The quantitative estimate of drug-likeness (QED) is 0.769. The number of furan rings is 1. The van der Waals surface area contributed by atoms with Gasteiger partial charge in [-0.25, -0.2) is 0 Å². The van der Waals surface area contributed by atoms with Crippen molar-refractivity contribution >= 4 is 33.6 Å². The van der Waals surface area contributed by atoms with Crippen LogP contribution in [0.5, 0.6) is 0 Å². The van der Waals surface area contributed by atoms with Crippen molar-refractivity contribution in [1.29, 1.82) is 0 Å². The summed E-state index contributed by atoms with van der Waals surface area (Å²) >= 11 is 4.64. The molecule has 2 nitrogen and oxygen atoms in total. The Morgan fingerprint density at radius 1 is 1.31 bits per heavy atom. The van der Waals surface area contributed by atoms with Crippen molar-refractivity contribution in [2.45, 2.75) is 0 Å². The fourth-order valence-electron chi connectivity index (χ4n) is 0.995. The summed E-state index contributed by atoms with van der Waals surface area (Å²) in [6.07, 6.45) is 0.839. The molecular weight excluding hydrogens is 252 g/mol. The lowest BCUT2D eigenvalue weighted by molar-refractivity contribution is 0.112. The first-order chi connectivity index (χ1) is 6.29. The van der Waals surface area contributed by atoms with E-state index in [1.807, 2.05) is 18.2 Å². The molecule has 0 saturated heterocycles. The Morgan fingerprint density at radius 2 is 2.15 bits per heavy atom. The highest BCUT2D eigenvalue weighted by atomic mass is 79.9. The van der Waals surface area contributed by atoms with Gasteiger partial charge < -0.3 is 4.42 Å². The van der Waals surface area contributed by atoms with Crippen molar-refractivity contribution < 1.29 is 9.21 Å². The van der Waals surface area contributed by atoms with Gasteiger partial charge in [-0.1, -0.05) is 0 Å². The standard InChI is InChI=1S/C9H5BrO2S/c10-9-4-2-7(12-9)8-3-1-6(5-11)13-8/h1-5H. The minimum absolute atomic E-state index is 0.698. The first kappa shape index (κ1) is 8.72. The molecule has 0 N–H and O–H groups in total. The molecule has 0 amide bonds. The Morgan fingerprint density at radius 3 is 2.69 bits per heavy atom. The molecule has 0 aliphatic rings. The molecule has 0 atom stereocenters. The molecule has 0 unspecified atom stereocenters. The predicted octanol–water partition coefficient (Wildman–Crippen LogP) is 3.58. The first-order valence-electron chi connectivity index (χ1n) is 3.60. The molecular formula is C9H5BrO2S. The number of carbonyl (C=O) groups is 1. The SMILES string of the molecule is O=Cc1ccc(-c2ccc(Br)o2)s1. The number of carbonyl (C=O) groups excluding carboxylic acids is 1. The monoisotopic (exact) mass is 256 g/mol. The highest BCUT2D eigenvalue weighted by Gasteiger charge is 2.05. The number of thiophene rings is 1. The van der Waals surface area contributed by atoms with E-state index in [0.717, 1.165) is 16.9 Å². The Bertz CT molecular complexity index is 430. The van der Waals surface area contributed by atoms with E-state index in [1.54, 1.807) is 6.07 Å². The lowest BCUT2D eigenvalue weighted by atomic mass is 10.3. The molecule has 0 aliphatic carbocycles. The van der Waals surface area contributed by atoms with Crippen LogP contribution in [-0.2, 0) is 0 Å². The topological polar surface area (TPSA) is 30.2 Å². The van der Waals surface area contributed by atoms with Gasteiger partial charge >= 0.3 is 0 Å². The second-order valence-corrected chi connectivity index (χ2v) is 4.32. The van der Waals surface area contributed by atoms with E-state index in [0.29, 0.717) is 9.55 Å². The number of hydrogen-bond acceptors (Lipinski definition) is 3. The van der Waals surface area contributed by atoms with E-state index in [2.05, 4.69) is 15.9 Å². The molecule has 0 bridgehead atoms. The van der Waals surface area contributed by atoms with Crippen LogP contribution in [0.4, 0.5) is 0 Å². The second kappa shape index (κ2) is 3.47. The average Bonchev–Trinajstić information content (AvgIpc) is 2.71. The van der Waals surface area contributed by atoms with E-state index < -0.39 is 0 Å². The van der Waals surface area contributed by atoms with Gasteiger partial charge in [0.25, 0.3) is 0 Å². The highest BCUT2D eigenvalue weighted by Crippen LogP contribution is 2.30. The molecule has 4 heteroatoms. The minimum Gasteiger partial charge on any atom is -0.449 e. The molecule has 2 aromatic heterocycles. The molecule has 13 heavy (non-hydrogen) atoms. The van der Waals surface area contributed by atoms with Crippen LogP contribution in [0.3, 0.4) is 0 Å². The van der Waals surface area contributed by atoms with Crippen LogP contribution in [0.15, 0.2) is 33.4 Å². The summed E-state index contributed by atoms with van der Waals surface area (Å²) in [5.74, 6) is 0.782. The van der Waals surface area contributed by atoms with Gasteiger partial charge in [-0.05, 0) is 40.2 Å². The maximum Gasteiger partial charge on any atom is 0.169 e. The molecule has 2 rings (SSSR count). The molecule has 2 aromatic rings. The minimum atomic E-state index is 0.698. The molecule has 0 aliphatic heterocycles. The molecule has 0 aromatic carbocycles. The van der Waals surface area contributed by atoms with E-state index in [9.17, 15) is 4.79 Å². The van der Waals surface area contributed by atoms with E-state index in [4.69, 9.17) is 4.42 Å². The van der Waals surface area contributed by atoms with Crippen LogP contribution < -0.4 is 0 Å². The number of aldehydes is 1. The maximum atomic E-state index is 10.4. The zero-order valence-electron chi connectivity index (χ0n) is 6.49. The highest BCUT2D eigenvalue weighted by molar-refractivity contribution is 9.10. The smallest absolute Gasteiger partial charge is 0.169 e. The Balaban J connectivity index is 2.40. The summed E-state index contributed by atoms with van der Waals surface area (Å²) in [6, 6.07) is 7.35. The van der Waals surface area contributed by atoms with Crippen LogP contribution in [-0.4, -0.2) is 6.29 Å². The Kier molecular flexibility index (Phi) is 2.33. The van der Waals surface area contributed by atoms with Gasteiger partial charge in [-0.15, -0.1) is 11.3 Å². The number of hydrogen-bond donors (Lipinski definition) is 0. The van der Waals surface area contributed by atoms with Gasteiger partial charge in [0.15, 0.2) is 11.0 Å². The van der Waals surface area contributed by atoms with Gasteiger partial charge in [0.2, 0.25) is 0 Å². The Hall–Kier alpha value is -0.870. The fraction of sp³-hybridized carbons (Fsp3) is 0. The third-order valence-corrected chi connectivity index (χ3v) is 3.01. The average molecular weight is 257 g/mol. The van der Waals surface area contributed by atoms with Gasteiger partial charge in [0.05, 0.1) is 9.75 Å². The number of rotatable bonds is 2. The lowest BCUT2D eigenvalue weighted by Crippen LogP contribution is -1.62. The van der Waals surface area contributed by atoms with Crippen molar-refractivity contribution in [1.82, 2.24) is 0 Å². The summed E-state index contributed by atoms with van der Waals surface area (Å²) in [5, 5.41) is 0. The van der Waals surface area contributed by atoms with Crippen molar-refractivity contribution in [2.24, 2.45) is 0 Å².